The Hall–Kier alpha value is -2.00. The van der Waals surface area contributed by atoms with Crippen molar-refractivity contribution in [1.82, 2.24) is 4.90 Å². The van der Waals surface area contributed by atoms with Crippen molar-refractivity contribution < 1.29 is 32.3 Å². The summed E-state index contributed by atoms with van der Waals surface area (Å²) >= 11 is 0. The van der Waals surface area contributed by atoms with Gasteiger partial charge in [0.15, 0.2) is 21.3 Å². The largest absolute Gasteiger partial charge is 0.493 e. The van der Waals surface area contributed by atoms with Crippen LogP contribution in [0.25, 0.3) is 0 Å². The maximum absolute atomic E-state index is 12.8. The highest BCUT2D eigenvalue weighted by Crippen LogP contribution is 2.40. The van der Waals surface area contributed by atoms with Crippen LogP contribution in [-0.2, 0) is 21.1 Å². The summed E-state index contributed by atoms with van der Waals surface area (Å²) in [6, 6.07) is 3.77. The fraction of sp³-hybridized carbons (Fsp3) is 0.632. The molecule has 0 saturated carbocycles. The monoisotopic (exact) mass is 413 g/mol. The average molecular weight is 414 g/mol. The van der Waals surface area contributed by atoms with Gasteiger partial charge in [-0.25, -0.2) is 8.42 Å². The Morgan fingerprint density at radius 2 is 1.79 bits per heavy atom. The van der Waals surface area contributed by atoms with Crippen LogP contribution < -0.4 is 19.1 Å². The van der Waals surface area contributed by atoms with Gasteiger partial charge in [-0.1, -0.05) is 6.07 Å². The van der Waals surface area contributed by atoms with Gasteiger partial charge in [0.05, 0.1) is 59.7 Å². The molecule has 2 aliphatic heterocycles. The number of rotatable bonds is 6. The van der Waals surface area contributed by atoms with Gasteiger partial charge in [0, 0.05) is 12.0 Å². The van der Waals surface area contributed by atoms with Crippen molar-refractivity contribution in [2.24, 2.45) is 0 Å². The topological polar surface area (TPSA) is 86.6 Å². The van der Waals surface area contributed by atoms with Crippen molar-refractivity contribution in [1.29, 1.82) is 0 Å². The molecule has 9 heteroatoms. The van der Waals surface area contributed by atoms with E-state index in [0.717, 1.165) is 25.1 Å². The van der Waals surface area contributed by atoms with Gasteiger partial charge >= 0.3 is 0 Å². The molecule has 1 amide bonds. The Morgan fingerprint density at radius 3 is 2.32 bits per heavy atom. The lowest BCUT2D eigenvalue weighted by atomic mass is 10.1. The standard InChI is InChI=1S/C19H28N2O6S/c1-25-16-5-4-14(18(26-2)19(16)27-3)12-17(22)21-9-7-20(8-10-21)15-6-11-28(23,24)13-15/h4-5,15H,6-13H2,1-3H3/p+1/t15-/m0/s1. The summed E-state index contributed by atoms with van der Waals surface area (Å²) in [6.07, 6.45) is 0.950. The third-order valence-electron chi connectivity index (χ3n) is 5.70. The number of ether oxygens (including phenoxy) is 3. The van der Waals surface area contributed by atoms with Gasteiger partial charge < -0.3 is 24.0 Å². The molecule has 0 bridgehead atoms. The van der Waals surface area contributed by atoms with Gasteiger partial charge in [-0.3, -0.25) is 4.79 Å². The number of nitrogens with zero attached hydrogens (tertiary/aromatic N) is 1. The van der Waals surface area contributed by atoms with Gasteiger partial charge in [0.2, 0.25) is 11.7 Å². The molecular formula is C19H29N2O6S+. The smallest absolute Gasteiger partial charge is 0.227 e. The summed E-state index contributed by atoms with van der Waals surface area (Å²) in [7, 11) is 1.77. The molecule has 0 spiro atoms. The summed E-state index contributed by atoms with van der Waals surface area (Å²) in [5, 5.41) is 0. The van der Waals surface area contributed by atoms with Crippen LogP contribution in [0.1, 0.15) is 12.0 Å². The van der Waals surface area contributed by atoms with E-state index in [0.29, 0.717) is 36.1 Å². The summed E-state index contributed by atoms with van der Waals surface area (Å²) in [5.74, 6) is 2.15. The Bertz CT molecular complexity index is 818. The van der Waals surface area contributed by atoms with Gasteiger partial charge in [-0.15, -0.1) is 0 Å². The molecule has 1 aromatic carbocycles. The third kappa shape index (κ3) is 4.35. The minimum atomic E-state index is -2.87. The van der Waals surface area contributed by atoms with Crippen LogP contribution in [-0.4, -0.2) is 84.3 Å². The number of sulfone groups is 1. The molecular weight excluding hydrogens is 384 g/mol. The molecule has 3 rings (SSSR count). The summed E-state index contributed by atoms with van der Waals surface area (Å²) in [4.78, 5) is 16.0. The number of quaternary nitrogens is 1. The zero-order valence-corrected chi connectivity index (χ0v) is 17.5. The lowest BCUT2D eigenvalue weighted by molar-refractivity contribution is -0.925. The van der Waals surface area contributed by atoms with E-state index in [2.05, 4.69) is 0 Å². The number of benzene rings is 1. The fourth-order valence-electron chi connectivity index (χ4n) is 4.15. The van der Waals surface area contributed by atoms with E-state index in [1.165, 1.54) is 12.0 Å². The lowest BCUT2D eigenvalue weighted by Crippen LogP contribution is -3.18. The Balaban J connectivity index is 1.62. The van der Waals surface area contributed by atoms with Crippen molar-refractivity contribution in [3.05, 3.63) is 17.7 Å². The number of piperazine rings is 1. The summed E-state index contributed by atoms with van der Waals surface area (Å²) < 4.78 is 39.6. The van der Waals surface area contributed by atoms with Crippen LogP contribution >= 0.6 is 0 Å². The number of amides is 1. The second-order valence-corrected chi connectivity index (χ2v) is 9.54. The van der Waals surface area contributed by atoms with Crippen molar-refractivity contribution >= 4 is 15.7 Å². The summed E-state index contributed by atoms with van der Waals surface area (Å²) in [6.45, 7) is 2.85. The molecule has 156 valence electrons. The Morgan fingerprint density at radius 1 is 1.11 bits per heavy atom. The van der Waals surface area contributed by atoms with Gasteiger partial charge in [0.1, 0.15) is 11.8 Å². The van der Waals surface area contributed by atoms with E-state index in [9.17, 15) is 13.2 Å². The van der Waals surface area contributed by atoms with Crippen LogP contribution in [0.4, 0.5) is 0 Å². The van der Waals surface area contributed by atoms with E-state index in [4.69, 9.17) is 14.2 Å². The minimum absolute atomic E-state index is 0.0311. The lowest BCUT2D eigenvalue weighted by Gasteiger charge is -2.35. The number of hydrogen-bond acceptors (Lipinski definition) is 6. The molecule has 0 unspecified atom stereocenters. The van der Waals surface area contributed by atoms with Crippen LogP contribution in [0, 0.1) is 0 Å². The van der Waals surface area contributed by atoms with Gasteiger partial charge in [-0.2, -0.15) is 0 Å². The van der Waals surface area contributed by atoms with E-state index in [-0.39, 0.29) is 24.1 Å². The van der Waals surface area contributed by atoms with Crippen molar-refractivity contribution in [3.63, 3.8) is 0 Å². The van der Waals surface area contributed by atoms with Crippen molar-refractivity contribution in [2.75, 3.05) is 59.0 Å². The van der Waals surface area contributed by atoms with Crippen molar-refractivity contribution in [2.45, 2.75) is 18.9 Å². The van der Waals surface area contributed by atoms with Gasteiger partial charge in [-0.05, 0) is 6.07 Å². The molecule has 2 aliphatic rings. The van der Waals surface area contributed by atoms with Crippen LogP contribution in [0.15, 0.2) is 12.1 Å². The molecule has 0 aromatic heterocycles. The SMILES string of the molecule is COc1ccc(CC(=O)N2CC[NH+]([C@H]3CCS(=O)(=O)C3)CC2)c(OC)c1OC. The second-order valence-electron chi connectivity index (χ2n) is 7.31. The molecule has 1 atom stereocenters. The normalized spacial score (nSPS) is 22.1. The summed E-state index contributed by atoms with van der Waals surface area (Å²) in [5.41, 5.74) is 0.752. The first-order chi connectivity index (χ1) is 13.4. The van der Waals surface area contributed by atoms with Crippen molar-refractivity contribution in [3.8, 4) is 17.2 Å². The van der Waals surface area contributed by atoms with E-state index >= 15 is 0 Å². The quantitative estimate of drug-likeness (QED) is 0.655. The van der Waals surface area contributed by atoms with Crippen LogP contribution in [0.5, 0.6) is 17.2 Å². The molecule has 28 heavy (non-hydrogen) atoms. The molecule has 2 heterocycles. The molecule has 2 fully saturated rings. The zero-order chi connectivity index (χ0) is 20.3. The van der Waals surface area contributed by atoms with Gasteiger partial charge in [0.25, 0.3) is 0 Å². The second kappa shape index (κ2) is 8.57. The van der Waals surface area contributed by atoms with E-state index in [1.54, 1.807) is 20.3 Å². The van der Waals surface area contributed by atoms with E-state index < -0.39 is 9.84 Å². The first kappa shape index (κ1) is 20.7. The van der Waals surface area contributed by atoms with Crippen LogP contribution in [0.3, 0.4) is 0 Å². The molecule has 0 radical (unpaired) electrons. The molecule has 8 nitrogen and oxygen atoms in total. The predicted octanol–water partition coefficient (Wildman–Crippen LogP) is -0.831. The average Bonchev–Trinajstić information content (AvgIpc) is 3.07. The number of nitrogens with one attached hydrogen (secondary N) is 1. The molecule has 1 aromatic rings. The number of methoxy groups -OCH3 is 3. The Kier molecular flexibility index (Phi) is 6.34. The maximum Gasteiger partial charge on any atom is 0.227 e. The highest BCUT2D eigenvalue weighted by molar-refractivity contribution is 7.91. The fourth-order valence-corrected chi connectivity index (χ4v) is 5.97. The number of carbonyl (C=O) groups is 1. The van der Waals surface area contributed by atoms with Crippen LogP contribution in [0.2, 0.25) is 0 Å². The predicted molar refractivity (Wildman–Crippen MR) is 104 cm³/mol. The third-order valence-corrected chi connectivity index (χ3v) is 7.46. The molecule has 1 N–H and O–H groups in total. The highest BCUT2D eigenvalue weighted by atomic mass is 32.2. The number of hydrogen-bond donors (Lipinski definition) is 1. The number of carbonyl (C=O) groups excluding carboxylic acids is 1. The first-order valence-corrected chi connectivity index (χ1v) is 11.3. The zero-order valence-electron chi connectivity index (χ0n) is 16.7. The maximum atomic E-state index is 12.8. The minimum Gasteiger partial charge on any atom is -0.493 e. The highest BCUT2D eigenvalue weighted by Gasteiger charge is 2.37. The Labute approximate surface area is 166 Å². The molecule has 2 saturated heterocycles. The molecule has 0 aliphatic carbocycles. The first-order valence-electron chi connectivity index (χ1n) is 9.49. The van der Waals surface area contributed by atoms with E-state index in [1.807, 2.05) is 11.0 Å².